The highest BCUT2D eigenvalue weighted by molar-refractivity contribution is 9.10. The lowest BCUT2D eigenvalue weighted by Crippen LogP contribution is -2.29. The maximum Gasteiger partial charge on any atom is 0.254 e. The van der Waals surface area contributed by atoms with Gasteiger partial charge >= 0.3 is 0 Å². The van der Waals surface area contributed by atoms with Crippen molar-refractivity contribution in [1.82, 2.24) is 24.9 Å². The van der Waals surface area contributed by atoms with Crippen LogP contribution in [0.5, 0.6) is 0 Å². The lowest BCUT2D eigenvalue weighted by atomic mass is 10.2. The molecule has 2 aromatic heterocycles. The number of nitrogens with zero attached hydrogens (tertiary/aromatic N) is 4. The fourth-order valence-corrected chi connectivity index (χ4v) is 2.54. The van der Waals surface area contributed by atoms with Gasteiger partial charge in [-0.2, -0.15) is 14.6 Å². The van der Waals surface area contributed by atoms with E-state index in [1.54, 1.807) is 23.8 Å². The Morgan fingerprint density at radius 1 is 1.28 bits per heavy atom. The number of carbonyl (C=O) groups is 1. The Balaban J connectivity index is 1.58. The zero-order valence-corrected chi connectivity index (χ0v) is 15.2. The summed E-state index contributed by atoms with van der Waals surface area (Å²) in [5.41, 5.74) is 1.37. The number of hydrogen-bond acceptors (Lipinski definition) is 6. The number of rotatable bonds is 7. The number of hydrogen-bond donors (Lipinski definition) is 2. The Morgan fingerprint density at radius 2 is 2.08 bits per heavy atom. The Kier molecular flexibility index (Phi) is 5.56. The van der Waals surface area contributed by atoms with Gasteiger partial charge in [0.25, 0.3) is 11.7 Å². The summed E-state index contributed by atoms with van der Waals surface area (Å²) in [5, 5.41) is 10.2. The molecule has 2 N–H and O–H groups in total. The quantitative estimate of drug-likeness (QED) is 0.583. The second-order valence-electron chi connectivity index (χ2n) is 5.23. The number of nitrogens with one attached hydrogen (secondary N) is 2. The van der Waals surface area contributed by atoms with E-state index in [0.717, 1.165) is 16.0 Å². The molecule has 1 amide bonds. The molecule has 0 aliphatic carbocycles. The molecule has 0 bridgehead atoms. The first kappa shape index (κ1) is 17.3. The average molecular weight is 405 g/mol. The van der Waals surface area contributed by atoms with E-state index in [1.807, 2.05) is 18.2 Å². The van der Waals surface area contributed by atoms with Gasteiger partial charge in [0.05, 0.1) is 12.3 Å². The van der Waals surface area contributed by atoms with Gasteiger partial charge in [0.1, 0.15) is 12.1 Å². The Bertz CT molecular complexity index is 865. The first-order chi connectivity index (χ1) is 12.2. The second kappa shape index (κ2) is 8.04. The molecule has 3 aromatic rings. The lowest BCUT2D eigenvalue weighted by Gasteiger charge is -2.10. The van der Waals surface area contributed by atoms with Crippen LogP contribution in [0.2, 0.25) is 0 Å². The molecular formula is C16H17BrN6O2. The third-order valence-corrected chi connectivity index (χ3v) is 3.95. The summed E-state index contributed by atoms with van der Waals surface area (Å²) in [6, 6.07) is 9.06. The number of halogens is 1. The third kappa shape index (κ3) is 4.31. The van der Waals surface area contributed by atoms with Crippen LogP contribution in [0, 0.1) is 0 Å². The van der Waals surface area contributed by atoms with Gasteiger partial charge in [0.15, 0.2) is 0 Å². The summed E-state index contributed by atoms with van der Waals surface area (Å²) < 4.78 is 7.66. The molecular weight excluding hydrogens is 388 g/mol. The average Bonchev–Trinajstić information content (AvgIpc) is 3.08. The van der Waals surface area contributed by atoms with Crippen molar-refractivity contribution in [3.8, 4) is 0 Å². The van der Waals surface area contributed by atoms with Crippen molar-refractivity contribution in [3.63, 3.8) is 0 Å². The van der Waals surface area contributed by atoms with E-state index >= 15 is 0 Å². The maximum atomic E-state index is 12.1. The largest absolute Gasteiger partial charge is 0.378 e. The van der Waals surface area contributed by atoms with Gasteiger partial charge in [0.2, 0.25) is 0 Å². The van der Waals surface area contributed by atoms with E-state index < -0.39 is 0 Å². The smallest absolute Gasteiger partial charge is 0.254 e. The van der Waals surface area contributed by atoms with Gasteiger partial charge in [-0.05, 0) is 24.3 Å². The first-order valence-electron chi connectivity index (χ1n) is 7.63. The van der Waals surface area contributed by atoms with Crippen LogP contribution in [0.15, 0.2) is 41.1 Å². The molecule has 0 aliphatic rings. The van der Waals surface area contributed by atoms with Gasteiger partial charge in [-0.25, -0.2) is 4.98 Å². The summed E-state index contributed by atoms with van der Waals surface area (Å²) in [5.74, 6) is 1.12. The SMILES string of the molecule is COCc1cc(NCCNC(=O)c2ccc(Br)cc2)n2ncnc2n1. The van der Waals surface area contributed by atoms with Gasteiger partial charge in [-0.15, -0.1) is 0 Å². The van der Waals surface area contributed by atoms with Crippen LogP contribution in [-0.4, -0.2) is 45.7 Å². The fraction of sp³-hybridized carbons (Fsp3) is 0.250. The Morgan fingerprint density at radius 3 is 2.84 bits per heavy atom. The zero-order valence-electron chi connectivity index (χ0n) is 13.6. The van der Waals surface area contributed by atoms with Gasteiger partial charge in [-0.3, -0.25) is 4.79 Å². The topological polar surface area (TPSA) is 93.4 Å². The standard InChI is InChI=1S/C16H17BrN6O2/c1-25-9-13-8-14(23-16(22-13)20-10-21-23)18-6-7-19-15(24)11-2-4-12(17)5-3-11/h2-5,8,10,18H,6-7,9H2,1H3,(H,19,24). The maximum absolute atomic E-state index is 12.1. The monoisotopic (exact) mass is 404 g/mol. The molecule has 1 aromatic carbocycles. The van der Waals surface area contributed by atoms with E-state index in [-0.39, 0.29) is 5.91 Å². The summed E-state index contributed by atoms with van der Waals surface area (Å²) in [6.45, 7) is 1.39. The Hall–Kier alpha value is -2.52. The molecule has 0 atom stereocenters. The van der Waals surface area contributed by atoms with Crippen LogP contribution < -0.4 is 10.6 Å². The molecule has 0 radical (unpaired) electrons. The van der Waals surface area contributed by atoms with E-state index in [9.17, 15) is 4.79 Å². The van der Waals surface area contributed by atoms with Gasteiger partial charge in [0, 0.05) is 36.3 Å². The van der Waals surface area contributed by atoms with Crippen LogP contribution in [0.4, 0.5) is 5.82 Å². The number of fused-ring (bicyclic) bond motifs is 1. The molecule has 8 nitrogen and oxygen atoms in total. The van der Waals surface area contributed by atoms with E-state index in [1.165, 1.54) is 6.33 Å². The number of carbonyl (C=O) groups excluding carboxylic acids is 1. The minimum absolute atomic E-state index is 0.116. The molecule has 0 saturated heterocycles. The van der Waals surface area contributed by atoms with Crippen molar-refractivity contribution in [3.05, 3.63) is 52.4 Å². The summed E-state index contributed by atoms with van der Waals surface area (Å²) in [4.78, 5) is 20.5. The van der Waals surface area contributed by atoms with Crippen molar-refractivity contribution >= 4 is 33.4 Å². The molecule has 2 heterocycles. The first-order valence-corrected chi connectivity index (χ1v) is 8.43. The van der Waals surface area contributed by atoms with Crippen molar-refractivity contribution in [2.75, 3.05) is 25.5 Å². The van der Waals surface area contributed by atoms with Crippen LogP contribution in [0.25, 0.3) is 5.78 Å². The number of anilines is 1. The number of aromatic nitrogens is 4. The molecule has 0 saturated carbocycles. The molecule has 0 fully saturated rings. The molecule has 0 spiro atoms. The Labute approximate surface area is 152 Å². The van der Waals surface area contributed by atoms with E-state index in [0.29, 0.717) is 31.0 Å². The zero-order chi connectivity index (χ0) is 17.6. The van der Waals surface area contributed by atoms with Crippen LogP contribution >= 0.6 is 15.9 Å². The molecule has 0 aliphatic heterocycles. The van der Waals surface area contributed by atoms with Crippen LogP contribution in [0.1, 0.15) is 16.1 Å². The second-order valence-corrected chi connectivity index (χ2v) is 6.14. The minimum Gasteiger partial charge on any atom is -0.378 e. The normalized spacial score (nSPS) is 10.8. The predicted molar refractivity (Wildman–Crippen MR) is 96.5 cm³/mol. The molecule has 3 rings (SSSR count). The van der Waals surface area contributed by atoms with Crippen molar-refractivity contribution in [2.24, 2.45) is 0 Å². The van der Waals surface area contributed by atoms with E-state index in [2.05, 4.69) is 41.6 Å². The van der Waals surface area contributed by atoms with Gasteiger partial charge in [-0.1, -0.05) is 15.9 Å². The lowest BCUT2D eigenvalue weighted by molar-refractivity contribution is 0.0955. The van der Waals surface area contributed by atoms with Gasteiger partial charge < -0.3 is 15.4 Å². The number of methoxy groups -OCH3 is 1. The summed E-state index contributed by atoms with van der Waals surface area (Å²) in [6.07, 6.45) is 1.44. The van der Waals surface area contributed by atoms with E-state index in [4.69, 9.17) is 4.74 Å². The predicted octanol–water partition coefficient (Wildman–Crippen LogP) is 1.88. The highest BCUT2D eigenvalue weighted by Crippen LogP contribution is 2.12. The van der Waals surface area contributed by atoms with Crippen LogP contribution in [0.3, 0.4) is 0 Å². The number of amides is 1. The summed E-state index contributed by atoms with van der Waals surface area (Å²) >= 11 is 3.35. The molecule has 25 heavy (non-hydrogen) atoms. The van der Waals surface area contributed by atoms with Crippen molar-refractivity contribution in [2.45, 2.75) is 6.61 Å². The molecule has 9 heteroatoms. The van der Waals surface area contributed by atoms with Crippen LogP contribution in [-0.2, 0) is 11.3 Å². The summed E-state index contributed by atoms with van der Waals surface area (Å²) in [7, 11) is 1.61. The third-order valence-electron chi connectivity index (χ3n) is 3.42. The number of benzene rings is 1. The van der Waals surface area contributed by atoms with Crippen molar-refractivity contribution in [1.29, 1.82) is 0 Å². The molecule has 130 valence electrons. The number of ether oxygens (including phenoxy) is 1. The fourth-order valence-electron chi connectivity index (χ4n) is 2.28. The molecule has 0 unspecified atom stereocenters. The highest BCUT2D eigenvalue weighted by atomic mass is 79.9. The highest BCUT2D eigenvalue weighted by Gasteiger charge is 2.08. The minimum atomic E-state index is -0.116. The van der Waals surface area contributed by atoms with Crippen molar-refractivity contribution < 1.29 is 9.53 Å².